The minimum absolute atomic E-state index is 0.291. The van der Waals surface area contributed by atoms with E-state index in [2.05, 4.69) is 10.0 Å². The Morgan fingerprint density at radius 2 is 2.57 bits per heavy atom. The van der Waals surface area contributed by atoms with Crippen LogP contribution >= 0.6 is 0 Å². The van der Waals surface area contributed by atoms with Gasteiger partial charge in [0.1, 0.15) is 0 Å². The Kier molecular flexibility index (Phi) is 1.73. The summed E-state index contributed by atoms with van der Waals surface area (Å²) in [5.74, 6) is 0. The number of rotatable bonds is 1. The molecular formula is C4H6N2Sn. The van der Waals surface area contributed by atoms with Crippen molar-refractivity contribution in [2.75, 3.05) is 0 Å². The molecule has 0 bridgehead atoms. The van der Waals surface area contributed by atoms with Gasteiger partial charge in [0, 0.05) is 0 Å². The van der Waals surface area contributed by atoms with E-state index >= 15 is 0 Å². The summed E-state index contributed by atoms with van der Waals surface area (Å²) < 4.78 is 2.04. The Morgan fingerprint density at radius 3 is 2.86 bits per heavy atom. The van der Waals surface area contributed by atoms with Gasteiger partial charge in [-0.25, -0.2) is 0 Å². The van der Waals surface area contributed by atoms with E-state index in [0.717, 1.165) is 0 Å². The van der Waals surface area contributed by atoms with E-state index in [1.807, 2.05) is 21.4 Å². The van der Waals surface area contributed by atoms with Gasteiger partial charge >= 0.3 is 52.8 Å². The third-order valence-corrected chi connectivity index (χ3v) is 2.80. The first-order valence-corrected chi connectivity index (χ1v) is 6.24. The number of hydrogen-bond donors (Lipinski definition) is 0. The first kappa shape index (κ1) is 5.15. The average molecular weight is 201 g/mol. The molecule has 0 saturated carbocycles. The van der Waals surface area contributed by atoms with Crippen LogP contribution in [0.1, 0.15) is 0 Å². The molecule has 0 aliphatic carbocycles. The summed E-state index contributed by atoms with van der Waals surface area (Å²) in [5, 5.41) is 4.03. The van der Waals surface area contributed by atoms with E-state index in [1.165, 1.54) is 0 Å². The molecule has 1 rings (SSSR count). The molecular weight excluding hydrogens is 195 g/mol. The molecule has 0 unspecified atom stereocenters. The molecule has 1 aromatic heterocycles. The van der Waals surface area contributed by atoms with E-state index in [-0.39, 0.29) is 21.4 Å². The van der Waals surface area contributed by atoms with Crippen LogP contribution in [-0.2, 0) is 0 Å². The molecule has 0 atom stereocenters. The van der Waals surface area contributed by atoms with Crippen LogP contribution in [0.15, 0.2) is 18.5 Å². The second-order valence-corrected chi connectivity index (χ2v) is 3.76. The second kappa shape index (κ2) is 2.35. The molecule has 0 saturated heterocycles. The zero-order valence-corrected chi connectivity index (χ0v) is 6.98. The van der Waals surface area contributed by atoms with Crippen LogP contribution in [0.5, 0.6) is 0 Å². The molecule has 0 fully saturated rings. The summed E-state index contributed by atoms with van der Waals surface area (Å²) in [7, 11) is 0. The van der Waals surface area contributed by atoms with Gasteiger partial charge in [-0.15, -0.1) is 0 Å². The number of nitrogens with zero attached hydrogens (tertiary/aromatic N) is 2. The van der Waals surface area contributed by atoms with Gasteiger partial charge < -0.3 is 0 Å². The third-order valence-electron chi connectivity index (χ3n) is 0.734. The van der Waals surface area contributed by atoms with Gasteiger partial charge in [-0.3, -0.25) is 0 Å². The van der Waals surface area contributed by atoms with Gasteiger partial charge in [0.25, 0.3) is 0 Å². The zero-order chi connectivity index (χ0) is 5.11. The predicted molar refractivity (Wildman–Crippen MR) is 29.2 cm³/mol. The van der Waals surface area contributed by atoms with Gasteiger partial charge in [-0.05, 0) is 0 Å². The van der Waals surface area contributed by atoms with Crippen molar-refractivity contribution in [1.82, 2.24) is 8.00 Å². The summed E-state index contributed by atoms with van der Waals surface area (Å²) in [6.07, 6.45) is 3.84. The Balaban J connectivity index is 2.76. The normalized spacial score (nSPS) is 9.29. The first-order valence-electron chi connectivity index (χ1n) is 2.11. The standard InChI is InChI=1S/C3H3N2.CH3.Sn/c1-2-4-5-3-1;;/h1-3H;1H3;/q-1;;+1. The first-order chi connectivity index (χ1) is 3.43. The van der Waals surface area contributed by atoms with Crippen LogP contribution < -0.4 is 0 Å². The van der Waals surface area contributed by atoms with Gasteiger partial charge in [-0.1, -0.05) is 0 Å². The van der Waals surface area contributed by atoms with Crippen LogP contribution in [0, 0.1) is 0 Å². The van der Waals surface area contributed by atoms with Crippen molar-refractivity contribution >= 4 is 21.4 Å². The summed E-state index contributed by atoms with van der Waals surface area (Å²) in [6, 6.07) is 1.96. The molecule has 0 spiro atoms. The van der Waals surface area contributed by atoms with E-state index < -0.39 is 0 Å². The quantitative estimate of drug-likeness (QED) is 0.601. The SMILES string of the molecule is [CH3][Sn][n]1cccn1. The van der Waals surface area contributed by atoms with Crippen LogP contribution in [0.4, 0.5) is 0 Å². The van der Waals surface area contributed by atoms with Crippen molar-refractivity contribution in [2.24, 2.45) is 0 Å². The third kappa shape index (κ3) is 1.19. The average Bonchev–Trinajstić information content (AvgIpc) is 2.14. The summed E-state index contributed by atoms with van der Waals surface area (Å²) >= 11 is -0.291. The molecule has 0 amide bonds. The molecule has 2 radical (unpaired) electrons. The Bertz CT molecular complexity index is 124. The van der Waals surface area contributed by atoms with Crippen LogP contribution in [-0.4, -0.2) is 29.4 Å². The van der Waals surface area contributed by atoms with Gasteiger partial charge in [0.15, 0.2) is 0 Å². The van der Waals surface area contributed by atoms with Crippen molar-refractivity contribution in [3.63, 3.8) is 0 Å². The van der Waals surface area contributed by atoms with Crippen molar-refractivity contribution in [1.29, 1.82) is 0 Å². The monoisotopic (exact) mass is 202 g/mol. The summed E-state index contributed by atoms with van der Waals surface area (Å²) in [5.41, 5.74) is 0. The van der Waals surface area contributed by atoms with Crippen LogP contribution in [0.25, 0.3) is 0 Å². The maximum absolute atomic E-state index is 4.03. The predicted octanol–water partition coefficient (Wildman–Crippen LogP) is 0.398. The van der Waals surface area contributed by atoms with Crippen molar-refractivity contribution in [2.45, 2.75) is 4.94 Å². The molecule has 1 aromatic rings. The van der Waals surface area contributed by atoms with Crippen LogP contribution in [0.3, 0.4) is 0 Å². The van der Waals surface area contributed by atoms with Gasteiger partial charge in [0.05, 0.1) is 0 Å². The molecule has 0 aromatic carbocycles. The fourth-order valence-corrected chi connectivity index (χ4v) is 1.59. The van der Waals surface area contributed by atoms with Gasteiger partial charge in [0.2, 0.25) is 0 Å². The number of hydrogen-bond acceptors (Lipinski definition) is 1. The molecule has 0 N–H and O–H groups in total. The van der Waals surface area contributed by atoms with E-state index in [0.29, 0.717) is 0 Å². The molecule has 0 aliphatic heterocycles. The second-order valence-electron chi connectivity index (χ2n) is 1.17. The maximum atomic E-state index is 4.03. The Hall–Kier alpha value is 0.00870. The molecule has 1 heterocycles. The fraction of sp³-hybridized carbons (Fsp3) is 0.250. The fourth-order valence-electron chi connectivity index (χ4n) is 0.401. The van der Waals surface area contributed by atoms with Crippen molar-refractivity contribution in [3.8, 4) is 0 Å². The van der Waals surface area contributed by atoms with Crippen LogP contribution in [0.2, 0.25) is 4.94 Å². The molecule has 7 heavy (non-hydrogen) atoms. The minimum atomic E-state index is -0.291. The van der Waals surface area contributed by atoms with E-state index in [4.69, 9.17) is 0 Å². The molecule has 36 valence electrons. The van der Waals surface area contributed by atoms with Crippen molar-refractivity contribution in [3.05, 3.63) is 18.5 Å². The topological polar surface area (TPSA) is 17.8 Å². The van der Waals surface area contributed by atoms with E-state index in [9.17, 15) is 0 Å². The summed E-state index contributed by atoms with van der Waals surface area (Å²) in [6.45, 7) is 0. The zero-order valence-electron chi connectivity index (χ0n) is 4.13. The summed E-state index contributed by atoms with van der Waals surface area (Å²) in [4.78, 5) is 2.23. The molecule has 0 aliphatic rings. The molecule has 3 heteroatoms. The van der Waals surface area contributed by atoms with Crippen molar-refractivity contribution < 1.29 is 0 Å². The Labute approximate surface area is 53.1 Å². The van der Waals surface area contributed by atoms with Gasteiger partial charge in [-0.2, -0.15) is 0 Å². The Morgan fingerprint density at radius 1 is 1.71 bits per heavy atom. The number of aromatic nitrogens is 2. The van der Waals surface area contributed by atoms with E-state index in [1.54, 1.807) is 0 Å². The molecule has 2 nitrogen and oxygen atoms in total.